The summed E-state index contributed by atoms with van der Waals surface area (Å²) in [6.45, 7) is 2.32. The topological polar surface area (TPSA) is 83.1 Å². The SMILES string of the molecule is CC(NC1CC1)C(=O)NCc1ccc(C(=O)Nc2ccncc2)cc1. The average molecular weight is 338 g/mol. The number of benzene rings is 1. The highest BCUT2D eigenvalue weighted by Crippen LogP contribution is 2.19. The van der Waals surface area contributed by atoms with Gasteiger partial charge in [-0.25, -0.2) is 0 Å². The number of nitrogens with one attached hydrogen (secondary N) is 3. The first-order chi connectivity index (χ1) is 12.1. The number of nitrogens with zero attached hydrogens (tertiary/aromatic N) is 1. The van der Waals surface area contributed by atoms with Gasteiger partial charge in [0.25, 0.3) is 5.91 Å². The van der Waals surface area contributed by atoms with E-state index < -0.39 is 0 Å². The van der Waals surface area contributed by atoms with Crippen molar-refractivity contribution < 1.29 is 9.59 Å². The maximum absolute atomic E-state index is 12.2. The van der Waals surface area contributed by atoms with Gasteiger partial charge in [-0.05, 0) is 49.6 Å². The van der Waals surface area contributed by atoms with Gasteiger partial charge in [-0.2, -0.15) is 0 Å². The van der Waals surface area contributed by atoms with Crippen molar-refractivity contribution in [2.24, 2.45) is 0 Å². The van der Waals surface area contributed by atoms with E-state index in [4.69, 9.17) is 0 Å². The Bertz CT molecular complexity index is 727. The molecule has 0 aliphatic heterocycles. The van der Waals surface area contributed by atoms with Crippen molar-refractivity contribution in [1.82, 2.24) is 15.6 Å². The van der Waals surface area contributed by atoms with E-state index in [1.165, 1.54) is 0 Å². The number of pyridine rings is 1. The monoisotopic (exact) mass is 338 g/mol. The van der Waals surface area contributed by atoms with Crippen molar-refractivity contribution in [2.45, 2.75) is 38.4 Å². The number of amides is 2. The fraction of sp³-hybridized carbons (Fsp3) is 0.316. The number of aromatic nitrogens is 1. The Morgan fingerprint density at radius 3 is 2.44 bits per heavy atom. The van der Waals surface area contributed by atoms with Gasteiger partial charge < -0.3 is 16.0 Å². The zero-order valence-electron chi connectivity index (χ0n) is 14.2. The first-order valence-corrected chi connectivity index (χ1v) is 8.46. The normalized spacial score (nSPS) is 14.6. The molecule has 1 heterocycles. The maximum atomic E-state index is 12.2. The Balaban J connectivity index is 1.49. The van der Waals surface area contributed by atoms with Gasteiger partial charge >= 0.3 is 0 Å². The van der Waals surface area contributed by atoms with Crippen LogP contribution >= 0.6 is 0 Å². The lowest BCUT2D eigenvalue weighted by molar-refractivity contribution is -0.122. The molecule has 6 nitrogen and oxygen atoms in total. The third-order valence-electron chi connectivity index (χ3n) is 4.08. The first-order valence-electron chi connectivity index (χ1n) is 8.46. The zero-order chi connectivity index (χ0) is 17.6. The van der Waals surface area contributed by atoms with Crippen LogP contribution < -0.4 is 16.0 Å². The Hall–Kier alpha value is -2.73. The third-order valence-corrected chi connectivity index (χ3v) is 4.08. The molecule has 1 unspecified atom stereocenters. The number of rotatable bonds is 7. The number of hydrogen-bond donors (Lipinski definition) is 3. The molecular formula is C19H22N4O2. The van der Waals surface area contributed by atoms with Crippen LogP contribution in [-0.2, 0) is 11.3 Å². The molecule has 2 aromatic rings. The molecule has 1 fully saturated rings. The Labute approximate surface area is 147 Å². The molecule has 3 rings (SSSR count). The van der Waals surface area contributed by atoms with E-state index in [0.717, 1.165) is 18.4 Å². The van der Waals surface area contributed by atoms with Gasteiger partial charge in [-0.3, -0.25) is 14.6 Å². The summed E-state index contributed by atoms with van der Waals surface area (Å²) in [5, 5.41) is 8.99. The third kappa shape index (κ3) is 5.12. The van der Waals surface area contributed by atoms with E-state index in [2.05, 4.69) is 20.9 Å². The van der Waals surface area contributed by atoms with Gasteiger partial charge in [0.05, 0.1) is 6.04 Å². The lowest BCUT2D eigenvalue weighted by Gasteiger charge is -2.13. The van der Waals surface area contributed by atoms with E-state index in [1.54, 1.807) is 36.7 Å². The Morgan fingerprint density at radius 1 is 1.12 bits per heavy atom. The molecule has 0 saturated heterocycles. The average Bonchev–Trinajstić information content (AvgIpc) is 3.45. The second-order valence-electron chi connectivity index (χ2n) is 6.27. The summed E-state index contributed by atoms with van der Waals surface area (Å²) >= 11 is 0. The van der Waals surface area contributed by atoms with Gasteiger partial charge in [0, 0.05) is 36.2 Å². The molecule has 1 aromatic carbocycles. The van der Waals surface area contributed by atoms with E-state index in [0.29, 0.717) is 23.8 Å². The van der Waals surface area contributed by atoms with Crippen molar-refractivity contribution >= 4 is 17.5 Å². The van der Waals surface area contributed by atoms with Crippen LogP contribution in [0.15, 0.2) is 48.8 Å². The van der Waals surface area contributed by atoms with Crippen molar-refractivity contribution in [3.63, 3.8) is 0 Å². The maximum Gasteiger partial charge on any atom is 0.255 e. The molecule has 2 amide bonds. The molecule has 130 valence electrons. The predicted molar refractivity (Wildman–Crippen MR) is 96.1 cm³/mol. The molecule has 1 aliphatic carbocycles. The fourth-order valence-corrected chi connectivity index (χ4v) is 2.43. The van der Waals surface area contributed by atoms with Gasteiger partial charge in [-0.1, -0.05) is 12.1 Å². The molecule has 0 radical (unpaired) electrons. The largest absolute Gasteiger partial charge is 0.351 e. The number of carbonyl (C=O) groups is 2. The summed E-state index contributed by atoms with van der Waals surface area (Å²) in [5.41, 5.74) is 2.22. The quantitative estimate of drug-likeness (QED) is 0.722. The van der Waals surface area contributed by atoms with Crippen LogP contribution in [0.25, 0.3) is 0 Å². The standard InChI is InChI=1S/C19H22N4O2/c1-13(22-16-6-7-16)18(24)21-12-14-2-4-15(5-3-14)19(25)23-17-8-10-20-11-9-17/h2-5,8-11,13,16,22H,6-7,12H2,1H3,(H,21,24)(H,20,23,25). The fourth-order valence-electron chi connectivity index (χ4n) is 2.43. The van der Waals surface area contributed by atoms with Crippen molar-refractivity contribution in [2.75, 3.05) is 5.32 Å². The molecule has 1 aliphatic rings. The molecule has 0 bridgehead atoms. The van der Waals surface area contributed by atoms with E-state index in [9.17, 15) is 9.59 Å². The summed E-state index contributed by atoms with van der Waals surface area (Å²) in [5.74, 6) is -0.185. The molecule has 1 saturated carbocycles. The second-order valence-corrected chi connectivity index (χ2v) is 6.27. The van der Waals surface area contributed by atoms with Crippen LogP contribution in [0.3, 0.4) is 0 Å². The molecule has 6 heteroatoms. The molecule has 25 heavy (non-hydrogen) atoms. The highest BCUT2D eigenvalue weighted by molar-refractivity contribution is 6.04. The lowest BCUT2D eigenvalue weighted by Crippen LogP contribution is -2.42. The van der Waals surface area contributed by atoms with Gasteiger partial charge in [0.1, 0.15) is 0 Å². The summed E-state index contributed by atoms with van der Waals surface area (Å²) in [6.07, 6.45) is 5.56. The van der Waals surface area contributed by atoms with Crippen LogP contribution in [0.2, 0.25) is 0 Å². The lowest BCUT2D eigenvalue weighted by atomic mass is 10.1. The molecular weight excluding hydrogens is 316 g/mol. The van der Waals surface area contributed by atoms with Crippen molar-refractivity contribution in [1.29, 1.82) is 0 Å². The smallest absolute Gasteiger partial charge is 0.255 e. The predicted octanol–water partition coefficient (Wildman–Crippen LogP) is 2.09. The van der Waals surface area contributed by atoms with Crippen LogP contribution in [-0.4, -0.2) is 28.9 Å². The Morgan fingerprint density at radius 2 is 1.80 bits per heavy atom. The number of anilines is 1. The van der Waals surface area contributed by atoms with Gasteiger partial charge in [0.2, 0.25) is 5.91 Å². The second kappa shape index (κ2) is 7.90. The zero-order valence-corrected chi connectivity index (χ0v) is 14.2. The minimum atomic E-state index is -0.182. The summed E-state index contributed by atoms with van der Waals surface area (Å²) < 4.78 is 0. The Kier molecular flexibility index (Phi) is 5.40. The number of hydrogen-bond acceptors (Lipinski definition) is 4. The molecule has 3 N–H and O–H groups in total. The van der Waals surface area contributed by atoms with E-state index in [-0.39, 0.29) is 17.9 Å². The van der Waals surface area contributed by atoms with E-state index >= 15 is 0 Å². The van der Waals surface area contributed by atoms with Crippen LogP contribution in [0, 0.1) is 0 Å². The van der Waals surface area contributed by atoms with Crippen molar-refractivity contribution in [3.05, 3.63) is 59.9 Å². The van der Waals surface area contributed by atoms with E-state index in [1.807, 2.05) is 19.1 Å². The highest BCUT2D eigenvalue weighted by Gasteiger charge is 2.25. The van der Waals surface area contributed by atoms with Crippen LogP contribution in [0.5, 0.6) is 0 Å². The minimum Gasteiger partial charge on any atom is -0.351 e. The first kappa shape index (κ1) is 17.1. The van der Waals surface area contributed by atoms with Crippen LogP contribution in [0.4, 0.5) is 5.69 Å². The number of carbonyl (C=O) groups excluding carboxylic acids is 2. The summed E-state index contributed by atoms with van der Waals surface area (Å²) in [4.78, 5) is 28.1. The summed E-state index contributed by atoms with van der Waals surface area (Å²) in [7, 11) is 0. The summed E-state index contributed by atoms with van der Waals surface area (Å²) in [6, 6.07) is 11.0. The highest BCUT2D eigenvalue weighted by atomic mass is 16.2. The van der Waals surface area contributed by atoms with Gasteiger partial charge in [-0.15, -0.1) is 0 Å². The van der Waals surface area contributed by atoms with Crippen LogP contribution in [0.1, 0.15) is 35.7 Å². The van der Waals surface area contributed by atoms with Crippen molar-refractivity contribution in [3.8, 4) is 0 Å². The van der Waals surface area contributed by atoms with Gasteiger partial charge in [0.15, 0.2) is 0 Å². The molecule has 1 aromatic heterocycles. The molecule has 0 spiro atoms. The molecule has 1 atom stereocenters. The minimum absolute atomic E-state index is 0.00796.